The summed E-state index contributed by atoms with van der Waals surface area (Å²) in [5.41, 5.74) is 15.1. The second-order valence-electron chi connectivity index (χ2n) is 16.3. The molecule has 3 heteroatoms. The maximum absolute atomic E-state index is 6.42. The van der Waals surface area contributed by atoms with Gasteiger partial charge in [0.05, 0.1) is 5.69 Å². The monoisotopic (exact) mass is 816 g/mol. The molecule has 12 rings (SSSR count). The Morgan fingerprint density at radius 1 is 0.328 bits per heavy atom. The van der Waals surface area contributed by atoms with Gasteiger partial charge in [-0.15, -0.1) is 0 Å². The molecular formula is C61H40N2O. The number of benzene rings is 11. The lowest BCUT2D eigenvalue weighted by Crippen LogP contribution is -2.12. The van der Waals surface area contributed by atoms with E-state index in [2.05, 4.69) is 248 Å². The molecule has 1 heterocycles. The van der Waals surface area contributed by atoms with Crippen molar-refractivity contribution in [3.8, 4) is 56.0 Å². The number of hydrogen-bond donors (Lipinski definition) is 0. The zero-order valence-corrected chi connectivity index (χ0v) is 34.9. The van der Waals surface area contributed by atoms with Gasteiger partial charge in [-0.1, -0.05) is 188 Å². The Morgan fingerprint density at radius 2 is 0.953 bits per heavy atom. The first kappa shape index (κ1) is 37.2. The third-order valence-electron chi connectivity index (χ3n) is 12.4. The Bertz CT molecular complexity index is 3670. The normalized spacial score (nSPS) is 11.4. The van der Waals surface area contributed by atoms with Crippen LogP contribution in [0.25, 0.3) is 99.4 Å². The van der Waals surface area contributed by atoms with Crippen molar-refractivity contribution in [2.45, 2.75) is 0 Å². The lowest BCUT2D eigenvalue weighted by Gasteiger charge is -2.30. The molecule has 0 aliphatic rings. The first-order valence-corrected chi connectivity index (χ1v) is 21.8. The minimum absolute atomic E-state index is 0.622. The maximum atomic E-state index is 6.42. The SMILES string of the molecule is c1ccc(-c2cccc(N(c3ccc(-c4ccccc4)c(-c4ccc5c(ccc6oc(-c7ccc8ccccc8c7)nc65)c4)c3)c3ccc4ccccc4c3-c3ccccc3)c2)cc1. The molecule has 0 aliphatic heterocycles. The Morgan fingerprint density at radius 3 is 1.77 bits per heavy atom. The average Bonchev–Trinajstić information content (AvgIpc) is 3.82. The predicted octanol–water partition coefficient (Wildman–Crippen LogP) is 17.1. The molecule has 0 saturated heterocycles. The highest BCUT2D eigenvalue weighted by Crippen LogP contribution is 2.47. The summed E-state index contributed by atoms with van der Waals surface area (Å²) in [5.74, 6) is 0.622. The molecule has 0 radical (unpaired) electrons. The van der Waals surface area contributed by atoms with Gasteiger partial charge in [0.1, 0.15) is 5.52 Å². The third-order valence-corrected chi connectivity index (χ3v) is 12.4. The summed E-state index contributed by atoms with van der Waals surface area (Å²) in [5, 5.41) is 6.90. The zero-order chi connectivity index (χ0) is 42.4. The lowest BCUT2D eigenvalue weighted by molar-refractivity contribution is 0.620. The lowest BCUT2D eigenvalue weighted by atomic mass is 9.91. The molecule has 0 N–H and O–H groups in total. The quantitative estimate of drug-likeness (QED) is 0.153. The van der Waals surface area contributed by atoms with Crippen LogP contribution < -0.4 is 4.90 Å². The highest BCUT2D eigenvalue weighted by Gasteiger charge is 2.22. The van der Waals surface area contributed by atoms with Crippen molar-refractivity contribution in [1.29, 1.82) is 0 Å². The smallest absolute Gasteiger partial charge is 0.227 e. The Labute approximate surface area is 371 Å². The van der Waals surface area contributed by atoms with E-state index < -0.39 is 0 Å². The van der Waals surface area contributed by atoms with Crippen molar-refractivity contribution in [3.63, 3.8) is 0 Å². The van der Waals surface area contributed by atoms with Gasteiger partial charge in [0.15, 0.2) is 5.58 Å². The van der Waals surface area contributed by atoms with Gasteiger partial charge < -0.3 is 9.32 Å². The molecule has 0 spiro atoms. The number of aromatic nitrogens is 1. The molecule has 11 aromatic carbocycles. The number of oxazole rings is 1. The number of fused-ring (bicyclic) bond motifs is 5. The first-order valence-electron chi connectivity index (χ1n) is 21.8. The summed E-state index contributed by atoms with van der Waals surface area (Å²) < 4.78 is 6.42. The summed E-state index contributed by atoms with van der Waals surface area (Å²) >= 11 is 0. The second kappa shape index (κ2) is 15.7. The van der Waals surface area contributed by atoms with Crippen molar-refractivity contribution < 1.29 is 4.42 Å². The van der Waals surface area contributed by atoms with Crippen molar-refractivity contribution in [3.05, 3.63) is 243 Å². The van der Waals surface area contributed by atoms with E-state index in [4.69, 9.17) is 9.40 Å². The fourth-order valence-corrected chi connectivity index (χ4v) is 9.35. The molecule has 300 valence electrons. The zero-order valence-electron chi connectivity index (χ0n) is 34.9. The highest BCUT2D eigenvalue weighted by molar-refractivity contribution is 6.08. The molecule has 3 nitrogen and oxygen atoms in total. The van der Waals surface area contributed by atoms with Gasteiger partial charge in [0.2, 0.25) is 5.89 Å². The van der Waals surface area contributed by atoms with E-state index in [0.717, 1.165) is 83.3 Å². The molecule has 12 aromatic rings. The molecule has 0 amide bonds. The van der Waals surface area contributed by atoms with E-state index in [1.165, 1.54) is 27.3 Å². The molecule has 0 aliphatic carbocycles. The summed E-state index contributed by atoms with van der Waals surface area (Å²) in [6, 6.07) is 87.0. The standard InChI is InChI=1S/C61H40N2O/c1-4-15-41(16-5-1)47-24-14-25-51(39-47)63(57-35-30-44-20-12-13-26-54(44)59(57)45-21-8-3-9-22-45)52-32-34-53(43-18-6-2-7-19-43)56(40-52)49-29-33-55-48(38-49)31-36-58-60(55)62-61(64-58)50-28-27-42-17-10-11-23-46(42)37-50/h1-40H. The Balaban J connectivity index is 1.06. The fraction of sp³-hybridized carbons (Fsp3) is 0. The van der Waals surface area contributed by atoms with E-state index >= 15 is 0 Å². The van der Waals surface area contributed by atoms with E-state index in [9.17, 15) is 0 Å². The average molecular weight is 817 g/mol. The van der Waals surface area contributed by atoms with Crippen LogP contribution in [0.5, 0.6) is 0 Å². The van der Waals surface area contributed by atoms with Gasteiger partial charge >= 0.3 is 0 Å². The number of rotatable bonds is 8. The molecule has 0 atom stereocenters. The van der Waals surface area contributed by atoms with Gasteiger partial charge in [-0.2, -0.15) is 0 Å². The number of anilines is 3. The van der Waals surface area contributed by atoms with Gasteiger partial charge in [-0.05, 0) is 120 Å². The van der Waals surface area contributed by atoms with Crippen molar-refractivity contribution in [2.24, 2.45) is 0 Å². The van der Waals surface area contributed by atoms with E-state index in [0.29, 0.717) is 5.89 Å². The van der Waals surface area contributed by atoms with Crippen LogP contribution in [0, 0.1) is 0 Å². The summed E-state index contributed by atoms with van der Waals surface area (Å²) in [7, 11) is 0. The Kier molecular flexibility index (Phi) is 9.16. The van der Waals surface area contributed by atoms with Crippen LogP contribution in [0.1, 0.15) is 0 Å². The van der Waals surface area contributed by atoms with E-state index in [1.807, 2.05) is 0 Å². The molecule has 0 saturated carbocycles. The molecule has 64 heavy (non-hydrogen) atoms. The van der Waals surface area contributed by atoms with Crippen LogP contribution >= 0.6 is 0 Å². The summed E-state index contributed by atoms with van der Waals surface area (Å²) in [4.78, 5) is 7.54. The van der Waals surface area contributed by atoms with Gasteiger partial charge in [-0.3, -0.25) is 0 Å². The van der Waals surface area contributed by atoms with Crippen LogP contribution in [0.4, 0.5) is 17.1 Å². The van der Waals surface area contributed by atoms with Gasteiger partial charge in [-0.25, -0.2) is 4.98 Å². The van der Waals surface area contributed by atoms with Crippen molar-refractivity contribution in [1.82, 2.24) is 4.98 Å². The summed E-state index contributed by atoms with van der Waals surface area (Å²) in [6.45, 7) is 0. The molecular weight excluding hydrogens is 777 g/mol. The predicted molar refractivity (Wildman–Crippen MR) is 268 cm³/mol. The molecule has 1 aromatic heterocycles. The van der Waals surface area contributed by atoms with E-state index in [1.54, 1.807) is 0 Å². The maximum Gasteiger partial charge on any atom is 0.227 e. The van der Waals surface area contributed by atoms with Crippen molar-refractivity contribution >= 4 is 60.5 Å². The minimum atomic E-state index is 0.622. The highest BCUT2D eigenvalue weighted by atomic mass is 16.3. The van der Waals surface area contributed by atoms with Crippen LogP contribution in [-0.4, -0.2) is 4.98 Å². The Hall–Kier alpha value is -8.53. The minimum Gasteiger partial charge on any atom is -0.436 e. The van der Waals surface area contributed by atoms with Crippen LogP contribution in [0.2, 0.25) is 0 Å². The van der Waals surface area contributed by atoms with Crippen LogP contribution in [0.15, 0.2) is 247 Å². The van der Waals surface area contributed by atoms with Crippen molar-refractivity contribution in [2.75, 3.05) is 4.90 Å². The van der Waals surface area contributed by atoms with Crippen LogP contribution in [-0.2, 0) is 0 Å². The van der Waals surface area contributed by atoms with Crippen LogP contribution in [0.3, 0.4) is 0 Å². The summed E-state index contributed by atoms with van der Waals surface area (Å²) in [6.07, 6.45) is 0. The topological polar surface area (TPSA) is 29.3 Å². The first-order chi connectivity index (χ1) is 31.7. The fourth-order valence-electron chi connectivity index (χ4n) is 9.35. The van der Waals surface area contributed by atoms with Gasteiger partial charge in [0, 0.05) is 27.9 Å². The van der Waals surface area contributed by atoms with E-state index in [-0.39, 0.29) is 0 Å². The largest absolute Gasteiger partial charge is 0.436 e. The molecule has 0 fully saturated rings. The third kappa shape index (κ3) is 6.68. The second-order valence-corrected chi connectivity index (χ2v) is 16.3. The molecule has 0 bridgehead atoms. The number of nitrogens with zero attached hydrogens (tertiary/aromatic N) is 2. The number of hydrogen-bond acceptors (Lipinski definition) is 3. The van der Waals surface area contributed by atoms with Gasteiger partial charge in [0.25, 0.3) is 0 Å². The molecule has 0 unspecified atom stereocenters.